The van der Waals surface area contributed by atoms with Crippen molar-refractivity contribution in [2.24, 2.45) is 0 Å². The number of aliphatic carboxylic acids is 1. The molecule has 2 amide bonds. The highest BCUT2D eigenvalue weighted by molar-refractivity contribution is 5.80. The standard InChI is InChI=1S/C32H33FN2O7/c1-21-17-32(20-40-19-28(36)34-32)27(35(21)31(39)42-18-22-8-3-2-4-9-22)16-23-10-7-12-25(30(23)33)24-11-5-6-13-26(24)41-15-14-29(37)38/h2-13,21,27H,14-20H2,1H3,(H,34,36)(H,37,38)/t21-,27?,32?/m1/s1. The molecule has 3 aromatic rings. The molecule has 2 fully saturated rings. The molecule has 0 saturated carbocycles. The van der Waals surface area contributed by atoms with Crippen molar-refractivity contribution in [2.45, 2.75) is 50.4 Å². The van der Waals surface area contributed by atoms with Crippen LogP contribution in [0.5, 0.6) is 5.75 Å². The zero-order valence-electron chi connectivity index (χ0n) is 23.3. The van der Waals surface area contributed by atoms with Crippen LogP contribution in [0.3, 0.4) is 0 Å². The molecule has 10 heteroatoms. The number of hydrogen-bond donors (Lipinski definition) is 2. The van der Waals surface area contributed by atoms with Gasteiger partial charge < -0.3 is 24.6 Å². The van der Waals surface area contributed by atoms with Crippen molar-refractivity contribution in [2.75, 3.05) is 19.8 Å². The Kier molecular flexibility index (Phi) is 8.72. The Labute approximate surface area is 243 Å². The van der Waals surface area contributed by atoms with E-state index < -0.39 is 29.5 Å². The Bertz CT molecular complexity index is 1450. The van der Waals surface area contributed by atoms with Crippen LogP contribution in [0.15, 0.2) is 72.8 Å². The number of carbonyl (C=O) groups is 3. The van der Waals surface area contributed by atoms with Crippen molar-refractivity contribution < 1.29 is 38.1 Å². The zero-order chi connectivity index (χ0) is 29.7. The van der Waals surface area contributed by atoms with Gasteiger partial charge in [-0.25, -0.2) is 9.18 Å². The largest absolute Gasteiger partial charge is 0.492 e. The maximum atomic E-state index is 16.3. The maximum Gasteiger partial charge on any atom is 0.410 e. The van der Waals surface area contributed by atoms with Crippen molar-refractivity contribution in [3.05, 3.63) is 89.7 Å². The summed E-state index contributed by atoms with van der Waals surface area (Å²) in [7, 11) is 0. The highest BCUT2D eigenvalue weighted by Crippen LogP contribution is 2.40. The summed E-state index contributed by atoms with van der Waals surface area (Å²) in [5.74, 6) is -1.42. The van der Waals surface area contributed by atoms with Crippen LogP contribution in [0.1, 0.15) is 30.9 Å². The first-order chi connectivity index (χ1) is 20.3. The van der Waals surface area contributed by atoms with Gasteiger partial charge in [0.2, 0.25) is 5.91 Å². The van der Waals surface area contributed by atoms with Gasteiger partial charge in [-0.3, -0.25) is 14.5 Å². The summed E-state index contributed by atoms with van der Waals surface area (Å²) in [5.41, 5.74) is 1.01. The van der Waals surface area contributed by atoms with Gasteiger partial charge in [-0.1, -0.05) is 66.7 Å². The van der Waals surface area contributed by atoms with Crippen LogP contribution in [0.4, 0.5) is 9.18 Å². The number of ether oxygens (including phenoxy) is 3. The SMILES string of the molecule is C[C@@H]1CC2(COCC(=O)N2)C(Cc2cccc(-c3ccccc3OCCC(=O)O)c2F)N1C(=O)OCc1ccccc1. The molecule has 2 saturated heterocycles. The van der Waals surface area contributed by atoms with Gasteiger partial charge in [0.05, 0.1) is 31.2 Å². The van der Waals surface area contributed by atoms with Crippen molar-refractivity contribution in [3.8, 4) is 16.9 Å². The summed E-state index contributed by atoms with van der Waals surface area (Å²) in [6.45, 7) is 2.00. The first-order valence-electron chi connectivity index (χ1n) is 13.9. The number of hydrogen-bond acceptors (Lipinski definition) is 6. The number of nitrogens with zero attached hydrogens (tertiary/aromatic N) is 1. The van der Waals surface area contributed by atoms with Crippen molar-refractivity contribution in [1.82, 2.24) is 10.2 Å². The van der Waals surface area contributed by atoms with Gasteiger partial charge in [-0.05, 0) is 37.0 Å². The van der Waals surface area contributed by atoms with E-state index in [2.05, 4.69) is 5.32 Å². The number of para-hydroxylation sites is 1. The van der Waals surface area contributed by atoms with Gasteiger partial charge >= 0.3 is 12.1 Å². The number of morpholine rings is 1. The lowest BCUT2D eigenvalue weighted by Gasteiger charge is -2.41. The number of carbonyl (C=O) groups excluding carboxylic acids is 2. The smallest absolute Gasteiger partial charge is 0.410 e. The predicted molar refractivity (Wildman–Crippen MR) is 151 cm³/mol. The molecule has 2 N–H and O–H groups in total. The molecule has 0 aliphatic carbocycles. The molecule has 3 atom stereocenters. The zero-order valence-corrected chi connectivity index (χ0v) is 23.3. The Morgan fingerprint density at radius 1 is 1.07 bits per heavy atom. The van der Waals surface area contributed by atoms with Crippen molar-refractivity contribution in [3.63, 3.8) is 0 Å². The van der Waals surface area contributed by atoms with Gasteiger partial charge in [0, 0.05) is 17.2 Å². The third-order valence-corrected chi connectivity index (χ3v) is 7.75. The van der Waals surface area contributed by atoms with E-state index in [9.17, 15) is 14.4 Å². The van der Waals surface area contributed by atoms with E-state index >= 15 is 4.39 Å². The Morgan fingerprint density at radius 2 is 1.81 bits per heavy atom. The number of rotatable bonds is 9. The number of nitrogens with one attached hydrogen (secondary N) is 1. The minimum absolute atomic E-state index is 0.0596. The van der Waals surface area contributed by atoms with Crippen LogP contribution in [-0.2, 0) is 32.1 Å². The number of amides is 2. The second-order valence-electron chi connectivity index (χ2n) is 10.7. The van der Waals surface area contributed by atoms with Gasteiger partial charge in [0.1, 0.15) is 24.8 Å². The van der Waals surface area contributed by atoms with E-state index in [4.69, 9.17) is 19.3 Å². The van der Waals surface area contributed by atoms with Crippen LogP contribution >= 0.6 is 0 Å². The molecular formula is C32H33FN2O7. The number of halogens is 1. The first kappa shape index (κ1) is 29.1. The average Bonchev–Trinajstić information content (AvgIpc) is 3.22. The molecule has 2 aliphatic rings. The number of benzene rings is 3. The van der Waals surface area contributed by atoms with E-state index in [-0.39, 0.29) is 56.8 Å². The van der Waals surface area contributed by atoms with Crippen molar-refractivity contribution >= 4 is 18.0 Å². The van der Waals surface area contributed by atoms with Crippen LogP contribution in [0.25, 0.3) is 11.1 Å². The monoisotopic (exact) mass is 576 g/mol. The highest BCUT2D eigenvalue weighted by Gasteiger charge is 2.55. The molecule has 2 aliphatic heterocycles. The van der Waals surface area contributed by atoms with Crippen LogP contribution in [0, 0.1) is 5.82 Å². The third kappa shape index (κ3) is 6.23. The quantitative estimate of drug-likeness (QED) is 0.384. The Hall–Kier alpha value is -4.44. The number of carboxylic acids is 1. The summed E-state index contributed by atoms with van der Waals surface area (Å²) in [6, 6.07) is 20.2. The van der Waals surface area contributed by atoms with Crippen molar-refractivity contribution in [1.29, 1.82) is 0 Å². The lowest BCUT2D eigenvalue weighted by atomic mass is 9.84. The van der Waals surface area contributed by atoms with E-state index in [0.717, 1.165) is 5.56 Å². The summed E-state index contributed by atoms with van der Waals surface area (Å²) in [5, 5.41) is 12.0. The fraction of sp³-hybridized carbons (Fsp3) is 0.344. The molecule has 0 aromatic heterocycles. The summed E-state index contributed by atoms with van der Waals surface area (Å²) in [6.07, 6.45) is -0.230. The van der Waals surface area contributed by atoms with E-state index in [1.54, 1.807) is 47.4 Å². The highest BCUT2D eigenvalue weighted by atomic mass is 19.1. The molecule has 3 aromatic carbocycles. The van der Waals surface area contributed by atoms with Gasteiger partial charge in [0.15, 0.2) is 0 Å². The second kappa shape index (κ2) is 12.6. The summed E-state index contributed by atoms with van der Waals surface area (Å²) < 4.78 is 33.3. The molecule has 1 spiro atoms. The molecule has 2 unspecified atom stereocenters. The van der Waals surface area contributed by atoms with E-state index in [0.29, 0.717) is 23.3 Å². The van der Waals surface area contributed by atoms with E-state index in [1.807, 2.05) is 37.3 Å². The first-order valence-corrected chi connectivity index (χ1v) is 13.9. The fourth-order valence-electron chi connectivity index (χ4n) is 5.91. The molecule has 2 heterocycles. The third-order valence-electron chi connectivity index (χ3n) is 7.75. The lowest BCUT2D eigenvalue weighted by molar-refractivity contribution is -0.138. The molecular weight excluding hydrogens is 543 g/mol. The minimum atomic E-state index is -0.994. The molecule has 5 rings (SSSR count). The molecule has 0 radical (unpaired) electrons. The number of carboxylic acid groups (broad SMARTS) is 1. The average molecular weight is 577 g/mol. The van der Waals surface area contributed by atoms with Crippen LogP contribution in [0.2, 0.25) is 0 Å². The minimum Gasteiger partial charge on any atom is -0.492 e. The maximum absolute atomic E-state index is 16.3. The van der Waals surface area contributed by atoms with E-state index in [1.165, 1.54) is 0 Å². The number of likely N-dealkylation sites (tertiary alicyclic amines) is 1. The lowest BCUT2D eigenvalue weighted by Crippen LogP contribution is -2.64. The van der Waals surface area contributed by atoms with Gasteiger partial charge in [-0.15, -0.1) is 0 Å². The predicted octanol–water partition coefficient (Wildman–Crippen LogP) is 4.57. The van der Waals surface area contributed by atoms with Gasteiger partial charge in [-0.2, -0.15) is 0 Å². The topological polar surface area (TPSA) is 114 Å². The second-order valence-corrected chi connectivity index (χ2v) is 10.7. The molecule has 220 valence electrons. The molecule has 9 nitrogen and oxygen atoms in total. The molecule has 42 heavy (non-hydrogen) atoms. The van der Waals surface area contributed by atoms with Crippen LogP contribution in [-0.4, -0.2) is 65.4 Å². The summed E-state index contributed by atoms with van der Waals surface area (Å²) >= 11 is 0. The fourth-order valence-corrected chi connectivity index (χ4v) is 5.91. The van der Waals surface area contributed by atoms with Gasteiger partial charge in [0.25, 0.3) is 0 Å². The Morgan fingerprint density at radius 3 is 2.57 bits per heavy atom. The molecule has 0 bridgehead atoms. The Balaban J connectivity index is 1.45. The van der Waals surface area contributed by atoms with Crippen LogP contribution < -0.4 is 10.1 Å². The normalized spacial score (nSPS) is 21.7. The summed E-state index contributed by atoms with van der Waals surface area (Å²) in [4.78, 5) is 38.5.